The standard InChI is InChI=1S/C7H14O3.C6H14O3/c1-2-7-9-4-6(3-8)5-10-7;1-2-6(3-7,4-8)5-9/h6-8H,2-5H2,1H3;7-9H,2-5H2,1H3. The van der Waals surface area contributed by atoms with Crippen molar-refractivity contribution in [3.05, 3.63) is 0 Å². The van der Waals surface area contributed by atoms with Crippen molar-refractivity contribution in [1.29, 1.82) is 0 Å². The Hall–Kier alpha value is -0.240. The number of hydrogen-bond donors (Lipinski definition) is 4. The largest absolute Gasteiger partial charge is 0.396 e. The Labute approximate surface area is 115 Å². The zero-order valence-corrected chi connectivity index (χ0v) is 11.9. The fourth-order valence-corrected chi connectivity index (χ4v) is 1.41. The van der Waals surface area contributed by atoms with Crippen LogP contribution < -0.4 is 0 Å². The highest BCUT2D eigenvalue weighted by Crippen LogP contribution is 2.18. The average molecular weight is 280 g/mol. The third-order valence-corrected chi connectivity index (χ3v) is 3.38. The molecule has 1 rings (SSSR count). The van der Waals surface area contributed by atoms with Crippen molar-refractivity contribution in [3.63, 3.8) is 0 Å². The van der Waals surface area contributed by atoms with Gasteiger partial charge in [-0.1, -0.05) is 13.8 Å². The normalized spacial score (nSPS) is 23.7. The lowest BCUT2D eigenvalue weighted by atomic mass is 9.88. The number of hydrogen-bond acceptors (Lipinski definition) is 6. The highest BCUT2D eigenvalue weighted by atomic mass is 16.7. The highest BCUT2D eigenvalue weighted by Gasteiger charge is 2.24. The fourth-order valence-electron chi connectivity index (χ4n) is 1.41. The summed E-state index contributed by atoms with van der Waals surface area (Å²) >= 11 is 0. The Morgan fingerprint density at radius 2 is 1.42 bits per heavy atom. The lowest BCUT2D eigenvalue weighted by molar-refractivity contribution is -0.205. The number of ether oxygens (including phenoxy) is 2. The van der Waals surface area contributed by atoms with Gasteiger partial charge in [0.15, 0.2) is 6.29 Å². The van der Waals surface area contributed by atoms with Crippen LogP contribution in [0.25, 0.3) is 0 Å². The van der Waals surface area contributed by atoms with Gasteiger partial charge >= 0.3 is 0 Å². The summed E-state index contributed by atoms with van der Waals surface area (Å²) in [5.41, 5.74) is -0.667. The summed E-state index contributed by atoms with van der Waals surface area (Å²) in [5.74, 6) is 0.183. The summed E-state index contributed by atoms with van der Waals surface area (Å²) < 4.78 is 10.5. The van der Waals surface area contributed by atoms with Gasteiger partial charge in [0, 0.05) is 11.3 Å². The van der Waals surface area contributed by atoms with E-state index in [9.17, 15) is 0 Å². The Morgan fingerprint density at radius 3 is 1.63 bits per heavy atom. The summed E-state index contributed by atoms with van der Waals surface area (Å²) in [7, 11) is 0. The molecule has 0 aromatic heterocycles. The Morgan fingerprint density at radius 1 is 0.947 bits per heavy atom. The zero-order chi connectivity index (χ0) is 14.7. The van der Waals surface area contributed by atoms with Gasteiger partial charge < -0.3 is 29.9 Å². The minimum absolute atomic E-state index is 0.0391. The molecular formula is C13H28O6. The second kappa shape index (κ2) is 10.5. The second-order valence-electron chi connectivity index (χ2n) is 4.88. The van der Waals surface area contributed by atoms with E-state index in [4.69, 9.17) is 29.9 Å². The van der Waals surface area contributed by atoms with Gasteiger partial charge in [-0.3, -0.25) is 0 Å². The van der Waals surface area contributed by atoms with Gasteiger partial charge in [0.05, 0.1) is 39.6 Å². The van der Waals surface area contributed by atoms with E-state index in [2.05, 4.69) is 0 Å². The number of rotatable bonds is 6. The van der Waals surface area contributed by atoms with E-state index in [0.29, 0.717) is 19.6 Å². The fraction of sp³-hybridized carbons (Fsp3) is 1.00. The Balaban J connectivity index is 0.000000344. The predicted octanol–water partition coefficient (Wildman–Crippen LogP) is -0.262. The minimum atomic E-state index is -0.667. The summed E-state index contributed by atoms with van der Waals surface area (Å²) in [4.78, 5) is 0. The molecular weight excluding hydrogens is 252 g/mol. The quantitative estimate of drug-likeness (QED) is 0.535. The molecule has 0 amide bonds. The van der Waals surface area contributed by atoms with E-state index in [1.807, 2.05) is 13.8 Å². The predicted molar refractivity (Wildman–Crippen MR) is 70.5 cm³/mol. The summed E-state index contributed by atoms with van der Waals surface area (Å²) in [6.45, 7) is 4.80. The van der Waals surface area contributed by atoms with Crippen LogP contribution in [0.2, 0.25) is 0 Å². The first kappa shape index (κ1) is 18.8. The first-order chi connectivity index (χ1) is 9.11. The highest BCUT2D eigenvalue weighted by molar-refractivity contribution is 4.74. The van der Waals surface area contributed by atoms with Crippen LogP contribution in [0.5, 0.6) is 0 Å². The zero-order valence-electron chi connectivity index (χ0n) is 11.9. The van der Waals surface area contributed by atoms with Crippen molar-refractivity contribution in [2.24, 2.45) is 11.3 Å². The average Bonchev–Trinajstić information content (AvgIpc) is 2.51. The van der Waals surface area contributed by atoms with Gasteiger partial charge in [0.2, 0.25) is 0 Å². The van der Waals surface area contributed by atoms with E-state index in [1.54, 1.807) is 0 Å². The lowest BCUT2D eigenvalue weighted by Crippen LogP contribution is -2.33. The Bertz CT molecular complexity index is 170. The van der Waals surface area contributed by atoms with Crippen LogP contribution in [0.3, 0.4) is 0 Å². The maximum Gasteiger partial charge on any atom is 0.157 e. The maximum absolute atomic E-state index is 8.69. The third-order valence-electron chi connectivity index (χ3n) is 3.38. The van der Waals surface area contributed by atoms with E-state index in [0.717, 1.165) is 6.42 Å². The molecule has 19 heavy (non-hydrogen) atoms. The molecule has 4 N–H and O–H groups in total. The molecule has 1 heterocycles. The van der Waals surface area contributed by atoms with Crippen molar-refractivity contribution in [2.45, 2.75) is 33.0 Å². The van der Waals surface area contributed by atoms with E-state index in [1.165, 1.54) is 0 Å². The van der Waals surface area contributed by atoms with Gasteiger partial charge in [0.25, 0.3) is 0 Å². The molecule has 0 aromatic rings. The third kappa shape index (κ3) is 6.65. The molecule has 1 aliphatic heterocycles. The molecule has 6 heteroatoms. The molecule has 0 spiro atoms. The van der Waals surface area contributed by atoms with E-state index < -0.39 is 5.41 Å². The van der Waals surface area contributed by atoms with Gasteiger partial charge in [-0.2, -0.15) is 0 Å². The summed E-state index contributed by atoms with van der Waals surface area (Å²) in [6.07, 6.45) is 1.44. The SMILES string of the molecule is CCC(CO)(CO)CO.CCC1OCC(CO)CO1. The molecule has 1 fully saturated rings. The van der Waals surface area contributed by atoms with Crippen LogP contribution in [-0.2, 0) is 9.47 Å². The number of aliphatic hydroxyl groups excluding tert-OH is 4. The number of aliphatic hydroxyl groups is 4. The van der Waals surface area contributed by atoms with Gasteiger partial charge in [-0.25, -0.2) is 0 Å². The maximum atomic E-state index is 8.69. The van der Waals surface area contributed by atoms with Crippen molar-refractivity contribution >= 4 is 0 Å². The molecule has 0 aliphatic carbocycles. The monoisotopic (exact) mass is 280 g/mol. The van der Waals surface area contributed by atoms with Crippen molar-refractivity contribution in [1.82, 2.24) is 0 Å². The molecule has 0 aromatic carbocycles. The van der Waals surface area contributed by atoms with Crippen molar-refractivity contribution in [3.8, 4) is 0 Å². The van der Waals surface area contributed by atoms with Crippen LogP contribution in [0, 0.1) is 11.3 Å². The van der Waals surface area contributed by atoms with Crippen LogP contribution >= 0.6 is 0 Å². The molecule has 6 nitrogen and oxygen atoms in total. The van der Waals surface area contributed by atoms with Gasteiger partial charge in [-0.05, 0) is 12.8 Å². The summed E-state index contributed by atoms with van der Waals surface area (Å²) in [6, 6.07) is 0. The smallest absolute Gasteiger partial charge is 0.157 e. The lowest BCUT2D eigenvalue weighted by Gasteiger charge is -2.27. The molecule has 1 saturated heterocycles. The van der Waals surface area contributed by atoms with Crippen LogP contribution in [0.4, 0.5) is 0 Å². The van der Waals surface area contributed by atoms with Crippen molar-refractivity contribution < 1.29 is 29.9 Å². The molecule has 0 atom stereocenters. The second-order valence-corrected chi connectivity index (χ2v) is 4.88. The molecule has 0 bridgehead atoms. The molecule has 1 aliphatic rings. The van der Waals surface area contributed by atoms with Crippen molar-refractivity contribution in [2.75, 3.05) is 39.6 Å². The first-order valence-corrected chi connectivity index (χ1v) is 6.78. The summed E-state index contributed by atoms with van der Waals surface area (Å²) in [5, 5.41) is 34.7. The van der Waals surface area contributed by atoms with Gasteiger partial charge in [0.1, 0.15) is 0 Å². The van der Waals surface area contributed by atoms with Crippen LogP contribution in [0.15, 0.2) is 0 Å². The molecule has 0 radical (unpaired) electrons. The molecule has 116 valence electrons. The van der Waals surface area contributed by atoms with Crippen LogP contribution in [0.1, 0.15) is 26.7 Å². The first-order valence-electron chi connectivity index (χ1n) is 6.78. The molecule has 0 saturated carbocycles. The minimum Gasteiger partial charge on any atom is -0.396 e. The topological polar surface area (TPSA) is 99.4 Å². The van der Waals surface area contributed by atoms with E-state index in [-0.39, 0.29) is 38.6 Å². The van der Waals surface area contributed by atoms with Crippen LogP contribution in [-0.4, -0.2) is 66.4 Å². The van der Waals surface area contributed by atoms with Gasteiger partial charge in [-0.15, -0.1) is 0 Å². The van der Waals surface area contributed by atoms with E-state index >= 15 is 0 Å². The molecule has 0 unspecified atom stereocenters. The Kier molecular flexibility index (Phi) is 10.4.